The third kappa shape index (κ3) is 3.97. The standard InChI is InChI=1S/C21H22N2O4S2/c1-15(24)16-6-4-7-18(13-16)29(26,27)23-11-9-22(10-12-23)21(25)20-14-17-5-2-3-8-19(17)28-20/h2-8,13,20H,9-12,14H2,1H3. The van der Waals surface area contributed by atoms with Gasteiger partial charge in [-0.1, -0.05) is 30.3 Å². The highest BCUT2D eigenvalue weighted by atomic mass is 32.2. The lowest BCUT2D eigenvalue weighted by molar-refractivity contribution is -0.131. The van der Waals surface area contributed by atoms with Crippen LogP contribution in [-0.4, -0.2) is 60.7 Å². The van der Waals surface area contributed by atoms with Crippen molar-refractivity contribution in [1.82, 2.24) is 9.21 Å². The summed E-state index contributed by atoms with van der Waals surface area (Å²) in [7, 11) is -3.69. The Kier molecular flexibility index (Phi) is 5.50. The van der Waals surface area contributed by atoms with E-state index in [2.05, 4.69) is 6.07 Å². The molecule has 152 valence electrons. The summed E-state index contributed by atoms with van der Waals surface area (Å²) < 4.78 is 27.3. The Morgan fingerprint density at radius 3 is 2.41 bits per heavy atom. The Morgan fingerprint density at radius 1 is 1.00 bits per heavy atom. The van der Waals surface area contributed by atoms with Crippen molar-refractivity contribution in [1.29, 1.82) is 0 Å². The number of sulfonamides is 1. The van der Waals surface area contributed by atoms with Gasteiger partial charge in [0.15, 0.2) is 5.78 Å². The summed E-state index contributed by atoms with van der Waals surface area (Å²) >= 11 is 1.59. The summed E-state index contributed by atoms with van der Waals surface area (Å²) in [6.45, 7) is 2.66. The summed E-state index contributed by atoms with van der Waals surface area (Å²) in [6.07, 6.45) is 0.718. The Bertz CT molecular complexity index is 1030. The molecule has 0 saturated carbocycles. The van der Waals surface area contributed by atoms with Crippen molar-refractivity contribution in [2.75, 3.05) is 26.2 Å². The average molecular weight is 431 g/mol. The summed E-state index contributed by atoms with van der Waals surface area (Å²) in [4.78, 5) is 27.5. The van der Waals surface area contributed by atoms with Gasteiger partial charge in [-0.15, -0.1) is 11.8 Å². The number of Topliss-reactive ketones (excluding diaryl/α,β-unsaturated/α-hetero) is 1. The monoisotopic (exact) mass is 430 g/mol. The SMILES string of the molecule is CC(=O)c1cccc(S(=O)(=O)N2CCN(C(=O)C3Cc4ccccc4S3)CC2)c1. The topological polar surface area (TPSA) is 74.8 Å². The van der Waals surface area contributed by atoms with Gasteiger partial charge in [0, 0.05) is 36.6 Å². The zero-order chi connectivity index (χ0) is 20.6. The molecule has 2 aliphatic rings. The number of nitrogens with zero attached hydrogens (tertiary/aromatic N) is 2. The summed E-state index contributed by atoms with van der Waals surface area (Å²) in [5.41, 5.74) is 1.57. The van der Waals surface area contributed by atoms with E-state index in [1.165, 1.54) is 28.9 Å². The van der Waals surface area contributed by atoms with Gasteiger partial charge < -0.3 is 4.90 Å². The van der Waals surface area contributed by atoms with Crippen LogP contribution in [0.3, 0.4) is 0 Å². The molecule has 2 aliphatic heterocycles. The highest BCUT2D eigenvalue weighted by Gasteiger charge is 2.35. The second-order valence-corrected chi connectivity index (χ2v) is 10.4. The zero-order valence-corrected chi connectivity index (χ0v) is 17.7. The van der Waals surface area contributed by atoms with E-state index in [4.69, 9.17) is 0 Å². The molecule has 0 radical (unpaired) electrons. The van der Waals surface area contributed by atoms with Crippen LogP contribution in [0.5, 0.6) is 0 Å². The molecule has 4 rings (SSSR count). The molecule has 0 bridgehead atoms. The number of carbonyl (C=O) groups is 2. The smallest absolute Gasteiger partial charge is 0.243 e. The number of rotatable bonds is 4. The molecule has 0 aromatic heterocycles. The third-order valence-corrected chi connectivity index (χ3v) is 8.55. The van der Waals surface area contributed by atoms with Crippen LogP contribution in [-0.2, 0) is 21.2 Å². The maximum absolute atomic E-state index is 13.0. The Hall–Kier alpha value is -2.16. The van der Waals surface area contributed by atoms with E-state index < -0.39 is 10.0 Å². The fraction of sp³-hybridized carbons (Fsp3) is 0.333. The van der Waals surface area contributed by atoms with Crippen LogP contribution in [0.2, 0.25) is 0 Å². The molecule has 6 nitrogen and oxygen atoms in total. The van der Waals surface area contributed by atoms with Crippen LogP contribution in [0.1, 0.15) is 22.8 Å². The van der Waals surface area contributed by atoms with Crippen molar-refractivity contribution in [3.63, 3.8) is 0 Å². The lowest BCUT2D eigenvalue weighted by Crippen LogP contribution is -2.52. The third-order valence-electron chi connectivity index (χ3n) is 5.35. The second kappa shape index (κ2) is 7.93. The maximum Gasteiger partial charge on any atom is 0.243 e. The van der Waals surface area contributed by atoms with Gasteiger partial charge in [-0.2, -0.15) is 4.31 Å². The van der Waals surface area contributed by atoms with Crippen LogP contribution >= 0.6 is 11.8 Å². The molecule has 0 N–H and O–H groups in total. The number of fused-ring (bicyclic) bond motifs is 1. The van der Waals surface area contributed by atoms with E-state index in [1.807, 2.05) is 18.2 Å². The number of thioether (sulfide) groups is 1. The summed E-state index contributed by atoms with van der Waals surface area (Å²) in [5, 5.41) is -0.136. The van der Waals surface area contributed by atoms with E-state index in [9.17, 15) is 18.0 Å². The van der Waals surface area contributed by atoms with E-state index in [-0.39, 0.29) is 34.9 Å². The predicted molar refractivity (Wildman–Crippen MR) is 112 cm³/mol. The molecule has 29 heavy (non-hydrogen) atoms. The molecule has 1 unspecified atom stereocenters. The Morgan fingerprint density at radius 2 is 1.72 bits per heavy atom. The first-order valence-corrected chi connectivity index (χ1v) is 11.8. The normalized spacial score (nSPS) is 19.8. The van der Waals surface area contributed by atoms with Crippen molar-refractivity contribution in [2.45, 2.75) is 28.4 Å². The Labute approximate surface area is 174 Å². The Balaban J connectivity index is 1.41. The fourth-order valence-corrected chi connectivity index (χ4v) is 6.44. The van der Waals surface area contributed by atoms with E-state index in [0.29, 0.717) is 18.7 Å². The van der Waals surface area contributed by atoms with Crippen LogP contribution in [0, 0.1) is 0 Å². The summed E-state index contributed by atoms with van der Waals surface area (Å²) in [5.74, 6) is -0.102. The second-order valence-electron chi connectivity index (χ2n) is 7.23. The number of hydrogen-bond acceptors (Lipinski definition) is 5. The number of ketones is 1. The van der Waals surface area contributed by atoms with Gasteiger partial charge in [-0.05, 0) is 37.1 Å². The minimum atomic E-state index is -3.69. The number of amides is 1. The highest BCUT2D eigenvalue weighted by molar-refractivity contribution is 8.01. The fourth-order valence-electron chi connectivity index (χ4n) is 3.70. The molecule has 2 heterocycles. The van der Waals surface area contributed by atoms with Crippen LogP contribution in [0.25, 0.3) is 0 Å². The molecule has 8 heteroatoms. The minimum Gasteiger partial charge on any atom is -0.339 e. The van der Waals surface area contributed by atoms with Gasteiger partial charge in [-0.3, -0.25) is 9.59 Å². The van der Waals surface area contributed by atoms with Gasteiger partial charge in [-0.25, -0.2) is 8.42 Å². The molecule has 1 atom stereocenters. The lowest BCUT2D eigenvalue weighted by Gasteiger charge is -2.35. The molecule has 0 spiro atoms. The molecule has 1 saturated heterocycles. The number of piperazine rings is 1. The van der Waals surface area contributed by atoms with Gasteiger partial charge in [0.25, 0.3) is 0 Å². The van der Waals surface area contributed by atoms with Gasteiger partial charge in [0.1, 0.15) is 0 Å². The quantitative estimate of drug-likeness (QED) is 0.697. The van der Waals surface area contributed by atoms with Gasteiger partial charge in [0.2, 0.25) is 15.9 Å². The predicted octanol–water partition coefficient (Wildman–Crippen LogP) is 2.44. The molecule has 2 aromatic rings. The van der Waals surface area contributed by atoms with Crippen molar-refractivity contribution in [2.24, 2.45) is 0 Å². The molecular formula is C21H22N2O4S2. The van der Waals surface area contributed by atoms with E-state index >= 15 is 0 Å². The summed E-state index contributed by atoms with van der Waals surface area (Å²) in [6, 6.07) is 14.2. The van der Waals surface area contributed by atoms with Crippen molar-refractivity contribution >= 4 is 33.5 Å². The largest absolute Gasteiger partial charge is 0.339 e. The van der Waals surface area contributed by atoms with Crippen LogP contribution in [0.15, 0.2) is 58.3 Å². The van der Waals surface area contributed by atoms with Crippen LogP contribution in [0.4, 0.5) is 0 Å². The number of carbonyl (C=O) groups excluding carboxylic acids is 2. The molecule has 1 fully saturated rings. The van der Waals surface area contributed by atoms with Crippen LogP contribution < -0.4 is 0 Å². The maximum atomic E-state index is 13.0. The van der Waals surface area contributed by atoms with Gasteiger partial charge in [0.05, 0.1) is 10.1 Å². The number of hydrogen-bond donors (Lipinski definition) is 0. The van der Waals surface area contributed by atoms with E-state index in [0.717, 1.165) is 11.3 Å². The zero-order valence-electron chi connectivity index (χ0n) is 16.1. The number of benzene rings is 2. The van der Waals surface area contributed by atoms with E-state index in [1.54, 1.807) is 28.8 Å². The first-order chi connectivity index (χ1) is 13.9. The van der Waals surface area contributed by atoms with Crippen molar-refractivity contribution in [3.8, 4) is 0 Å². The van der Waals surface area contributed by atoms with Crippen molar-refractivity contribution in [3.05, 3.63) is 59.7 Å². The first-order valence-electron chi connectivity index (χ1n) is 9.51. The average Bonchev–Trinajstić information content (AvgIpc) is 3.17. The first kappa shape index (κ1) is 20.1. The molecule has 0 aliphatic carbocycles. The molecule has 2 aromatic carbocycles. The lowest BCUT2D eigenvalue weighted by atomic mass is 10.1. The van der Waals surface area contributed by atoms with Gasteiger partial charge >= 0.3 is 0 Å². The van der Waals surface area contributed by atoms with Crippen molar-refractivity contribution < 1.29 is 18.0 Å². The molecular weight excluding hydrogens is 408 g/mol. The highest BCUT2D eigenvalue weighted by Crippen LogP contribution is 2.37. The molecule has 1 amide bonds. The minimum absolute atomic E-state index is 0.0711.